The lowest BCUT2D eigenvalue weighted by Gasteiger charge is -2.16. The first kappa shape index (κ1) is 10.4. The SMILES string of the molecule is CN(C)C(C(=O)O)c1ncc(Cl)s1. The summed E-state index contributed by atoms with van der Waals surface area (Å²) in [4.78, 5) is 16.3. The molecule has 1 unspecified atom stereocenters. The van der Waals surface area contributed by atoms with Gasteiger partial charge in [-0.05, 0) is 14.1 Å². The number of carboxylic acid groups (broad SMARTS) is 1. The molecule has 0 spiro atoms. The van der Waals surface area contributed by atoms with Crippen LogP contribution < -0.4 is 0 Å². The second-order valence-electron chi connectivity index (χ2n) is 2.71. The third-order valence-electron chi connectivity index (χ3n) is 1.48. The zero-order chi connectivity index (χ0) is 10.0. The Hall–Kier alpha value is -0.650. The van der Waals surface area contributed by atoms with Gasteiger partial charge in [0, 0.05) is 0 Å². The van der Waals surface area contributed by atoms with Crippen LogP contribution in [-0.4, -0.2) is 35.1 Å². The number of thiazole rings is 1. The Labute approximate surface area is 84.8 Å². The number of aliphatic carboxylic acids is 1. The van der Waals surface area contributed by atoms with E-state index in [0.717, 1.165) is 0 Å². The lowest BCUT2D eigenvalue weighted by atomic mass is 10.3. The second kappa shape index (κ2) is 4.04. The Morgan fingerprint density at radius 1 is 1.77 bits per heavy atom. The van der Waals surface area contributed by atoms with Crippen LogP contribution in [0.2, 0.25) is 4.34 Å². The Bertz CT molecular complexity index is 313. The smallest absolute Gasteiger partial charge is 0.328 e. The summed E-state index contributed by atoms with van der Waals surface area (Å²) in [7, 11) is 3.38. The number of hydrogen-bond acceptors (Lipinski definition) is 4. The minimum atomic E-state index is -0.920. The predicted molar refractivity (Wildman–Crippen MR) is 51.2 cm³/mol. The van der Waals surface area contributed by atoms with Gasteiger partial charge in [0.15, 0.2) is 6.04 Å². The summed E-state index contributed by atoms with van der Waals surface area (Å²) >= 11 is 6.84. The quantitative estimate of drug-likeness (QED) is 0.839. The third-order valence-corrected chi connectivity index (χ3v) is 2.65. The maximum atomic E-state index is 10.8. The van der Waals surface area contributed by atoms with Crippen LogP contribution in [0.3, 0.4) is 0 Å². The van der Waals surface area contributed by atoms with Gasteiger partial charge in [-0.3, -0.25) is 9.69 Å². The Morgan fingerprint density at radius 3 is 2.69 bits per heavy atom. The fourth-order valence-electron chi connectivity index (χ4n) is 0.941. The molecular formula is C7H9ClN2O2S. The van der Waals surface area contributed by atoms with E-state index in [9.17, 15) is 4.79 Å². The fourth-order valence-corrected chi connectivity index (χ4v) is 2.06. The number of carbonyl (C=O) groups is 1. The van der Waals surface area contributed by atoms with Crippen LogP contribution in [0, 0.1) is 0 Å². The number of hydrogen-bond donors (Lipinski definition) is 1. The van der Waals surface area contributed by atoms with Crippen LogP contribution in [-0.2, 0) is 4.79 Å². The van der Waals surface area contributed by atoms with Crippen molar-refractivity contribution in [2.45, 2.75) is 6.04 Å². The van der Waals surface area contributed by atoms with Gasteiger partial charge in [-0.2, -0.15) is 0 Å². The van der Waals surface area contributed by atoms with Crippen LogP contribution >= 0.6 is 22.9 Å². The fraction of sp³-hybridized carbons (Fsp3) is 0.429. The molecule has 6 heteroatoms. The normalized spacial score (nSPS) is 13.2. The summed E-state index contributed by atoms with van der Waals surface area (Å²) in [6.07, 6.45) is 1.46. The van der Waals surface area contributed by atoms with E-state index in [1.54, 1.807) is 19.0 Å². The molecule has 1 N–H and O–H groups in total. The van der Waals surface area contributed by atoms with E-state index in [2.05, 4.69) is 4.98 Å². The molecule has 0 aromatic carbocycles. The molecule has 0 saturated carbocycles. The molecule has 1 aromatic heterocycles. The molecule has 0 saturated heterocycles. The summed E-state index contributed by atoms with van der Waals surface area (Å²) in [6, 6.07) is -0.711. The van der Waals surface area contributed by atoms with Crippen LogP contribution in [0.1, 0.15) is 11.0 Å². The Morgan fingerprint density at radius 2 is 2.38 bits per heavy atom. The molecular weight excluding hydrogens is 212 g/mol. The number of likely N-dealkylation sites (N-methyl/N-ethyl adjacent to an activating group) is 1. The first-order chi connectivity index (χ1) is 6.02. The van der Waals surface area contributed by atoms with Gasteiger partial charge in [-0.15, -0.1) is 11.3 Å². The molecule has 0 amide bonds. The Balaban J connectivity index is 2.95. The number of halogens is 1. The molecule has 0 fully saturated rings. The van der Waals surface area contributed by atoms with Crippen molar-refractivity contribution in [1.29, 1.82) is 0 Å². The monoisotopic (exact) mass is 220 g/mol. The molecule has 1 rings (SSSR count). The largest absolute Gasteiger partial charge is 0.480 e. The average Bonchev–Trinajstić information content (AvgIpc) is 2.34. The van der Waals surface area contributed by atoms with Crippen LogP contribution in [0.25, 0.3) is 0 Å². The minimum absolute atomic E-state index is 0.502. The van der Waals surface area contributed by atoms with E-state index in [-0.39, 0.29) is 0 Å². The topological polar surface area (TPSA) is 53.4 Å². The van der Waals surface area contributed by atoms with Gasteiger partial charge in [0.25, 0.3) is 0 Å². The molecule has 13 heavy (non-hydrogen) atoms. The number of nitrogens with zero attached hydrogens (tertiary/aromatic N) is 2. The zero-order valence-electron chi connectivity index (χ0n) is 7.19. The molecule has 0 aliphatic rings. The van der Waals surface area contributed by atoms with Gasteiger partial charge < -0.3 is 5.11 Å². The van der Waals surface area contributed by atoms with Gasteiger partial charge in [0.05, 0.1) is 6.20 Å². The molecule has 1 heterocycles. The summed E-state index contributed by atoms with van der Waals surface area (Å²) in [5, 5.41) is 9.39. The highest BCUT2D eigenvalue weighted by Gasteiger charge is 2.25. The molecule has 0 radical (unpaired) electrons. The molecule has 1 atom stereocenters. The lowest BCUT2D eigenvalue weighted by Crippen LogP contribution is -2.27. The van der Waals surface area contributed by atoms with Crippen molar-refractivity contribution in [3.05, 3.63) is 15.5 Å². The number of aromatic nitrogens is 1. The lowest BCUT2D eigenvalue weighted by molar-refractivity contribution is -0.142. The highest BCUT2D eigenvalue weighted by molar-refractivity contribution is 7.16. The van der Waals surface area contributed by atoms with Crippen molar-refractivity contribution in [2.75, 3.05) is 14.1 Å². The van der Waals surface area contributed by atoms with E-state index >= 15 is 0 Å². The first-order valence-corrected chi connectivity index (χ1v) is 4.72. The molecule has 1 aromatic rings. The van der Waals surface area contributed by atoms with E-state index in [1.165, 1.54) is 17.5 Å². The van der Waals surface area contributed by atoms with Gasteiger partial charge >= 0.3 is 5.97 Å². The maximum Gasteiger partial charge on any atom is 0.328 e. The molecule has 72 valence electrons. The number of rotatable bonds is 3. The summed E-state index contributed by atoms with van der Waals surface area (Å²) in [5.74, 6) is -0.920. The zero-order valence-corrected chi connectivity index (χ0v) is 8.76. The highest BCUT2D eigenvalue weighted by Crippen LogP contribution is 2.26. The van der Waals surface area contributed by atoms with Gasteiger partial charge in [-0.1, -0.05) is 11.6 Å². The van der Waals surface area contributed by atoms with Gasteiger partial charge in [-0.25, -0.2) is 4.98 Å². The maximum absolute atomic E-state index is 10.8. The van der Waals surface area contributed by atoms with Crippen molar-refractivity contribution in [1.82, 2.24) is 9.88 Å². The van der Waals surface area contributed by atoms with Crippen molar-refractivity contribution in [3.63, 3.8) is 0 Å². The highest BCUT2D eigenvalue weighted by atomic mass is 35.5. The van der Waals surface area contributed by atoms with Crippen molar-refractivity contribution in [3.8, 4) is 0 Å². The van der Waals surface area contributed by atoms with Crippen molar-refractivity contribution >= 4 is 28.9 Å². The average molecular weight is 221 g/mol. The minimum Gasteiger partial charge on any atom is -0.480 e. The van der Waals surface area contributed by atoms with E-state index in [1.807, 2.05) is 0 Å². The first-order valence-electron chi connectivity index (χ1n) is 3.53. The van der Waals surface area contributed by atoms with Crippen LogP contribution in [0.4, 0.5) is 0 Å². The summed E-state index contributed by atoms with van der Waals surface area (Å²) < 4.78 is 0.503. The third kappa shape index (κ3) is 2.40. The molecule has 4 nitrogen and oxygen atoms in total. The number of carboxylic acids is 1. The van der Waals surface area contributed by atoms with E-state index < -0.39 is 12.0 Å². The van der Waals surface area contributed by atoms with E-state index in [4.69, 9.17) is 16.7 Å². The molecule has 0 bridgehead atoms. The van der Waals surface area contributed by atoms with Gasteiger partial charge in [0.1, 0.15) is 9.34 Å². The van der Waals surface area contributed by atoms with Crippen LogP contribution in [0.5, 0.6) is 0 Å². The summed E-state index contributed by atoms with van der Waals surface area (Å²) in [6.45, 7) is 0. The van der Waals surface area contributed by atoms with E-state index in [0.29, 0.717) is 9.34 Å². The Kier molecular flexibility index (Phi) is 3.24. The molecule has 0 aliphatic heterocycles. The molecule has 0 aliphatic carbocycles. The summed E-state index contributed by atoms with van der Waals surface area (Å²) in [5.41, 5.74) is 0. The predicted octanol–water partition coefficient (Wildman–Crippen LogP) is 1.48. The van der Waals surface area contributed by atoms with Gasteiger partial charge in [0.2, 0.25) is 0 Å². The van der Waals surface area contributed by atoms with Crippen molar-refractivity contribution in [2.24, 2.45) is 0 Å². The standard InChI is InChI=1S/C7H9ClN2O2S/c1-10(2)5(7(11)12)6-9-3-4(8)13-6/h3,5H,1-2H3,(H,11,12). The van der Waals surface area contributed by atoms with Crippen molar-refractivity contribution < 1.29 is 9.90 Å². The second-order valence-corrected chi connectivity index (χ2v) is 4.40. The van der Waals surface area contributed by atoms with Crippen LogP contribution in [0.15, 0.2) is 6.20 Å².